The molecule has 0 amide bonds. The fourth-order valence-corrected chi connectivity index (χ4v) is 1.02. The maximum absolute atomic E-state index is 8.79. The van der Waals surface area contributed by atoms with Gasteiger partial charge in [-0.15, -0.1) is 0 Å². The summed E-state index contributed by atoms with van der Waals surface area (Å²) in [5.41, 5.74) is -0.486. The number of rotatable bonds is 1. The third kappa shape index (κ3) is 1.25. The van der Waals surface area contributed by atoms with Crippen LogP contribution < -0.4 is 0 Å². The molecule has 0 N–H and O–H groups in total. The molecule has 0 saturated heterocycles. The van der Waals surface area contributed by atoms with Crippen LogP contribution in [0.1, 0.15) is 19.7 Å². The van der Waals surface area contributed by atoms with Crippen molar-refractivity contribution < 1.29 is 0 Å². The number of nitriles is 1. The molecule has 0 aromatic carbocycles. The molecule has 1 heterocycles. The molecule has 0 fully saturated rings. The molecule has 0 aliphatic heterocycles. The van der Waals surface area contributed by atoms with E-state index >= 15 is 0 Å². The Balaban J connectivity index is 3.13. The van der Waals surface area contributed by atoms with Gasteiger partial charge in [-0.2, -0.15) is 5.26 Å². The highest BCUT2D eigenvalue weighted by atomic mass is 15.1. The van der Waals surface area contributed by atoms with Crippen molar-refractivity contribution in [3.8, 4) is 6.07 Å². The van der Waals surface area contributed by atoms with Crippen molar-refractivity contribution in [2.75, 3.05) is 0 Å². The van der Waals surface area contributed by atoms with Crippen molar-refractivity contribution in [1.82, 2.24) is 9.55 Å². The van der Waals surface area contributed by atoms with E-state index in [1.165, 1.54) is 0 Å². The van der Waals surface area contributed by atoms with E-state index in [4.69, 9.17) is 5.26 Å². The fraction of sp³-hybridized carbons (Fsp3) is 0.500. The van der Waals surface area contributed by atoms with E-state index in [1.54, 1.807) is 6.20 Å². The van der Waals surface area contributed by atoms with Crippen molar-refractivity contribution in [2.45, 2.75) is 26.3 Å². The lowest BCUT2D eigenvalue weighted by Gasteiger charge is -2.18. The molecule has 58 valence electrons. The first-order valence-corrected chi connectivity index (χ1v) is 3.49. The van der Waals surface area contributed by atoms with Crippen LogP contribution in [0.3, 0.4) is 0 Å². The number of hydrogen-bond donors (Lipinski definition) is 0. The van der Waals surface area contributed by atoms with E-state index in [-0.39, 0.29) is 0 Å². The molecule has 0 radical (unpaired) electrons. The SMILES string of the molecule is Cc1nccn1C(C)(C)C#N. The number of aromatic nitrogens is 2. The van der Waals surface area contributed by atoms with Gasteiger partial charge < -0.3 is 4.57 Å². The van der Waals surface area contributed by atoms with Crippen molar-refractivity contribution >= 4 is 0 Å². The van der Waals surface area contributed by atoms with E-state index in [2.05, 4.69) is 11.1 Å². The Kier molecular flexibility index (Phi) is 1.69. The highest BCUT2D eigenvalue weighted by Crippen LogP contribution is 2.14. The summed E-state index contributed by atoms with van der Waals surface area (Å²) in [6.07, 6.45) is 3.52. The van der Waals surface area contributed by atoms with E-state index in [0.29, 0.717) is 0 Å². The fourth-order valence-electron chi connectivity index (χ4n) is 1.02. The largest absolute Gasteiger partial charge is 0.316 e. The number of aryl methyl sites for hydroxylation is 1. The van der Waals surface area contributed by atoms with Crippen LogP contribution in [0.2, 0.25) is 0 Å². The monoisotopic (exact) mass is 149 g/mol. The standard InChI is InChI=1S/C8H11N3/c1-7-10-4-5-11(7)8(2,3)6-9/h4-5H,1-3H3. The van der Waals surface area contributed by atoms with Gasteiger partial charge >= 0.3 is 0 Å². The molecule has 0 aliphatic rings. The molecule has 0 unspecified atom stereocenters. The Hall–Kier alpha value is -1.30. The predicted octanol–water partition coefficient (Wildman–Crippen LogP) is 1.45. The molecule has 0 saturated carbocycles. The Morgan fingerprint density at radius 3 is 2.64 bits per heavy atom. The molecule has 0 aliphatic carbocycles. The molecule has 1 aromatic rings. The van der Waals surface area contributed by atoms with Gasteiger partial charge in [0.25, 0.3) is 0 Å². The summed E-state index contributed by atoms with van der Waals surface area (Å²) >= 11 is 0. The quantitative estimate of drug-likeness (QED) is 0.606. The van der Waals surface area contributed by atoms with Crippen molar-refractivity contribution in [3.63, 3.8) is 0 Å². The van der Waals surface area contributed by atoms with Crippen LogP contribution in [-0.4, -0.2) is 9.55 Å². The first-order valence-electron chi connectivity index (χ1n) is 3.49. The first-order chi connectivity index (χ1) is 5.08. The van der Waals surface area contributed by atoms with Crippen molar-refractivity contribution in [3.05, 3.63) is 18.2 Å². The van der Waals surface area contributed by atoms with Crippen LogP contribution in [-0.2, 0) is 5.54 Å². The molecule has 3 heteroatoms. The molecule has 11 heavy (non-hydrogen) atoms. The van der Waals surface area contributed by atoms with Gasteiger partial charge in [-0.1, -0.05) is 0 Å². The van der Waals surface area contributed by atoms with Gasteiger partial charge in [0.05, 0.1) is 6.07 Å². The maximum atomic E-state index is 8.79. The second kappa shape index (κ2) is 2.39. The molecule has 0 atom stereocenters. The second-order valence-corrected chi connectivity index (χ2v) is 3.02. The van der Waals surface area contributed by atoms with Gasteiger partial charge in [0, 0.05) is 12.4 Å². The van der Waals surface area contributed by atoms with E-state index < -0.39 is 5.54 Å². The normalized spacial score (nSPS) is 11.1. The smallest absolute Gasteiger partial charge is 0.127 e. The van der Waals surface area contributed by atoms with Crippen molar-refractivity contribution in [1.29, 1.82) is 5.26 Å². The van der Waals surface area contributed by atoms with Crippen LogP contribution >= 0.6 is 0 Å². The third-order valence-electron chi connectivity index (χ3n) is 1.70. The summed E-state index contributed by atoms with van der Waals surface area (Å²) in [6, 6.07) is 2.21. The van der Waals surface area contributed by atoms with E-state index in [1.807, 2.05) is 31.5 Å². The second-order valence-electron chi connectivity index (χ2n) is 3.02. The summed E-state index contributed by atoms with van der Waals surface area (Å²) in [6.45, 7) is 5.61. The maximum Gasteiger partial charge on any atom is 0.127 e. The summed E-state index contributed by atoms with van der Waals surface area (Å²) in [4.78, 5) is 4.04. The Morgan fingerprint density at radius 1 is 1.64 bits per heavy atom. The van der Waals surface area contributed by atoms with Crippen LogP contribution in [0, 0.1) is 18.3 Å². The van der Waals surface area contributed by atoms with Crippen LogP contribution in [0.15, 0.2) is 12.4 Å². The molecule has 3 nitrogen and oxygen atoms in total. The van der Waals surface area contributed by atoms with E-state index in [0.717, 1.165) is 5.82 Å². The zero-order valence-electron chi connectivity index (χ0n) is 7.00. The Bertz CT molecular complexity index is 291. The topological polar surface area (TPSA) is 41.6 Å². The summed E-state index contributed by atoms with van der Waals surface area (Å²) in [5.74, 6) is 0.872. The molecular weight excluding hydrogens is 138 g/mol. The summed E-state index contributed by atoms with van der Waals surface area (Å²) in [7, 11) is 0. The summed E-state index contributed by atoms with van der Waals surface area (Å²) in [5, 5.41) is 8.79. The highest BCUT2D eigenvalue weighted by Gasteiger charge is 2.19. The number of imidazole rings is 1. The molecule has 1 aromatic heterocycles. The van der Waals surface area contributed by atoms with Crippen LogP contribution in [0.25, 0.3) is 0 Å². The Morgan fingerprint density at radius 2 is 2.27 bits per heavy atom. The average molecular weight is 149 g/mol. The summed E-state index contributed by atoms with van der Waals surface area (Å²) < 4.78 is 1.85. The lowest BCUT2D eigenvalue weighted by Crippen LogP contribution is -2.24. The Labute approximate surface area is 66.3 Å². The molecule has 1 rings (SSSR count). The van der Waals surface area contributed by atoms with Crippen LogP contribution in [0.4, 0.5) is 0 Å². The molecule has 0 spiro atoms. The molecule has 0 bridgehead atoms. The number of nitrogens with zero attached hydrogens (tertiary/aromatic N) is 3. The van der Waals surface area contributed by atoms with Gasteiger partial charge in [0.15, 0.2) is 0 Å². The minimum Gasteiger partial charge on any atom is -0.316 e. The van der Waals surface area contributed by atoms with Gasteiger partial charge in [-0.25, -0.2) is 4.98 Å². The lowest BCUT2D eigenvalue weighted by molar-refractivity contribution is 0.457. The minimum atomic E-state index is -0.486. The average Bonchev–Trinajstić information content (AvgIpc) is 2.36. The van der Waals surface area contributed by atoms with Gasteiger partial charge in [-0.3, -0.25) is 0 Å². The van der Waals surface area contributed by atoms with E-state index in [9.17, 15) is 0 Å². The van der Waals surface area contributed by atoms with Crippen LogP contribution in [0.5, 0.6) is 0 Å². The zero-order chi connectivity index (χ0) is 8.48. The number of hydrogen-bond acceptors (Lipinski definition) is 2. The lowest BCUT2D eigenvalue weighted by atomic mass is 10.1. The zero-order valence-corrected chi connectivity index (χ0v) is 7.00. The predicted molar refractivity (Wildman–Crippen MR) is 41.9 cm³/mol. The first kappa shape index (κ1) is 7.80. The third-order valence-corrected chi connectivity index (χ3v) is 1.70. The van der Waals surface area contributed by atoms with Gasteiger partial charge in [-0.05, 0) is 20.8 Å². The van der Waals surface area contributed by atoms with Gasteiger partial charge in [0.1, 0.15) is 11.4 Å². The highest BCUT2D eigenvalue weighted by molar-refractivity contribution is 5.05. The minimum absolute atomic E-state index is 0.486. The van der Waals surface area contributed by atoms with Gasteiger partial charge in [0.2, 0.25) is 0 Å². The van der Waals surface area contributed by atoms with Crippen molar-refractivity contribution in [2.24, 2.45) is 0 Å². The molecular formula is C8H11N3.